The summed E-state index contributed by atoms with van der Waals surface area (Å²) in [4.78, 5) is 38.2. The first-order valence-electron chi connectivity index (χ1n) is 8.13. The van der Waals surface area contributed by atoms with Crippen LogP contribution in [0.2, 0.25) is 0 Å². The van der Waals surface area contributed by atoms with E-state index in [1.54, 1.807) is 18.7 Å². The Morgan fingerprint density at radius 2 is 1.77 bits per heavy atom. The van der Waals surface area contributed by atoms with E-state index in [0.29, 0.717) is 25.8 Å². The smallest absolute Gasteiger partial charge is 0.325 e. The predicted molar refractivity (Wildman–Crippen MR) is 81.0 cm³/mol. The van der Waals surface area contributed by atoms with Gasteiger partial charge in [-0.05, 0) is 33.1 Å². The quantitative estimate of drug-likeness (QED) is 0.369. The van der Waals surface area contributed by atoms with Crippen molar-refractivity contribution in [3.05, 3.63) is 0 Å². The molecule has 6 nitrogen and oxygen atoms in total. The second kappa shape index (κ2) is 8.76. The van der Waals surface area contributed by atoms with Gasteiger partial charge in [-0.25, -0.2) is 0 Å². The molecule has 0 aromatic heterocycles. The van der Waals surface area contributed by atoms with E-state index in [9.17, 15) is 14.4 Å². The van der Waals surface area contributed by atoms with Gasteiger partial charge in [-0.15, -0.1) is 0 Å². The van der Waals surface area contributed by atoms with Crippen LogP contribution in [0.25, 0.3) is 0 Å². The number of unbranched alkanes of at least 4 members (excludes halogenated alkanes) is 1. The molecule has 0 saturated carbocycles. The number of likely N-dealkylation sites (tertiary alicyclic amines) is 1. The highest BCUT2D eigenvalue weighted by Crippen LogP contribution is 2.40. The molecule has 1 aliphatic heterocycles. The van der Waals surface area contributed by atoms with E-state index in [-0.39, 0.29) is 13.2 Å². The molecule has 0 bridgehead atoms. The van der Waals surface area contributed by atoms with Gasteiger partial charge in [0.15, 0.2) is 5.41 Å². The van der Waals surface area contributed by atoms with Gasteiger partial charge in [-0.3, -0.25) is 14.4 Å². The number of rotatable bonds is 9. The summed E-state index contributed by atoms with van der Waals surface area (Å²) in [5, 5.41) is 0. The van der Waals surface area contributed by atoms with Crippen LogP contribution in [0, 0.1) is 5.41 Å². The Morgan fingerprint density at radius 1 is 1.18 bits per heavy atom. The van der Waals surface area contributed by atoms with E-state index >= 15 is 0 Å². The molecule has 126 valence electrons. The Morgan fingerprint density at radius 3 is 2.23 bits per heavy atom. The molecule has 1 fully saturated rings. The maximum atomic E-state index is 12.7. The molecule has 0 radical (unpaired) electrons. The van der Waals surface area contributed by atoms with E-state index in [0.717, 1.165) is 19.3 Å². The van der Waals surface area contributed by atoms with Crippen molar-refractivity contribution in [1.29, 1.82) is 0 Å². The molecule has 0 aliphatic carbocycles. The molecule has 1 heterocycles. The maximum absolute atomic E-state index is 12.7. The highest BCUT2D eigenvalue weighted by Gasteiger charge is 2.57. The first-order chi connectivity index (χ1) is 10.6. The Kier molecular flexibility index (Phi) is 7.35. The lowest BCUT2D eigenvalue weighted by molar-refractivity contribution is -0.178. The van der Waals surface area contributed by atoms with Crippen LogP contribution < -0.4 is 0 Å². The maximum Gasteiger partial charge on any atom is 0.325 e. The number of carbonyl (C=O) groups is 3. The summed E-state index contributed by atoms with van der Waals surface area (Å²) in [6, 6.07) is -0.477. The van der Waals surface area contributed by atoms with Crippen LogP contribution >= 0.6 is 0 Å². The third-order valence-corrected chi connectivity index (χ3v) is 4.20. The van der Waals surface area contributed by atoms with Crippen LogP contribution in [-0.4, -0.2) is 49.0 Å². The number of ether oxygens (including phenoxy) is 2. The lowest BCUT2D eigenvalue weighted by atomic mass is 9.74. The van der Waals surface area contributed by atoms with Gasteiger partial charge in [0.25, 0.3) is 0 Å². The van der Waals surface area contributed by atoms with Crippen LogP contribution in [0.4, 0.5) is 0 Å². The van der Waals surface area contributed by atoms with Gasteiger partial charge in [-0.2, -0.15) is 0 Å². The number of hydrogen-bond donors (Lipinski definition) is 0. The fourth-order valence-corrected chi connectivity index (χ4v) is 3.15. The van der Waals surface area contributed by atoms with Crippen molar-refractivity contribution in [2.45, 2.75) is 58.9 Å². The normalized spacial score (nSPS) is 18.1. The molecule has 1 unspecified atom stereocenters. The van der Waals surface area contributed by atoms with E-state index in [1.165, 1.54) is 0 Å². The standard InChI is InChI=1S/C16H27NO5/c1-4-7-10-16(14(19)21-5-2,15(20)22-6-3)13-9-8-11-17(13)12-18/h12-13H,4-11H2,1-3H3. The van der Waals surface area contributed by atoms with Crippen LogP contribution in [0.1, 0.15) is 52.9 Å². The van der Waals surface area contributed by atoms with Crippen LogP contribution in [0.15, 0.2) is 0 Å². The van der Waals surface area contributed by atoms with Crippen molar-refractivity contribution >= 4 is 18.3 Å². The first kappa shape index (κ1) is 18.5. The van der Waals surface area contributed by atoms with E-state index in [1.807, 2.05) is 6.92 Å². The Bertz CT molecular complexity index is 378. The second-order valence-electron chi connectivity index (χ2n) is 5.52. The molecule has 1 saturated heterocycles. The number of nitrogens with zero attached hydrogens (tertiary/aromatic N) is 1. The summed E-state index contributed by atoms with van der Waals surface area (Å²) in [6.07, 6.45) is 3.98. The summed E-state index contributed by atoms with van der Waals surface area (Å²) in [6.45, 7) is 6.35. The molecule has 1 aliphatic rings. The van der Waals surface area contributed by atoms with Crippen LogP contribution in [0.3, 0.4) is 0 Å². The van der Waals surface area contributed by atoms with Crippen molar-refractivity contribution in [3.8, 4) is 0 Å². The lowest BCUT2D eigenvalue weighted by Crippen LogP contribution is -2.55. The molecule has 1 amide bonds. The molecule has 22 heavy (non-hydrogen) atoms. The SMILES string of the molecule is CCCCC(C(=O)OCC)(C(=O)OCC)C1CCCN1C=O. The zero-order valence-electron chi connectivity index (χ0n) is 13.8. The second-order valence-corrected chi connectivity index (χ2v) is 5.52. The van der Waals surface area contributed by atoms with Crippen molar-refractivity contribution in [2.24, 2.45) is 5.41 Å². The monoisotopic (exact) mass is 313 g/mol. The molecule has 0 spiro atoms. The molecule has 0 N–H and O–H groups in total. The van der Waals surface area contributed by atoms with Gasteiger partial charge in [0.2, 0.25) is 6.41 Å². The topological polar surface area (TPSA) is 72.9 Å². The molecular formula is C16H27NO5. The fourth-order valence-electron chi connectivity index (χ4n) is 3.15. The van der Waals surface area contributed by atoms with E-state index in [4.69, 9.17) is 9.47 Å². The largest absolute Gasteiger partial charge is 0.465 e. The highest BCUT2D eigenvalue weighted by molar-refractivity contribution is 6.01. The van der Waals surface area contributed by atoms with Gasteiger partial charge < -0.3 is 14.4 Å². The van der Waals surface area contributed by atoms with Gasteiger partial charge >= 0.3 is 11.9 Å². The Labute approximate surface area is 132 Å². The molecule has 1 rings (SSSR count). The Hall–Kier alpha value is -1.59. The summed E-state index contributed by atoms with van der Waals surface area (Å²) in [7, 11) is 0. The average Bonchev–Trinajstić information content (AvgIpc) is 2.97. The van der Waals surface area contributed by atoms with Crippen molar-refractivity contribution in [2.75, 3.05) is 19.8 Å². The summed E-state index contributed by atoms with van der Waals surface area (Å²) in [5.41, 5.74) is -1.40. The van der Waals surface area contributed by atoms with Crippen LogP contribution in [0.5, 0.6) is 0 Å². The third-order valence-electron chi connectivity index (χ3n) is 4.20. The fraction of sp³-hybridized carbons (Fsp3) is 0.812. The summed E-state index contributed by atoms with van der Waals surface area (Å²) < 4.78 is 10.4. The summed E-state index contributed by atoms with van der Waals surface area (Å²) >= 11 is 0. The predicted octanol–water partition coefficient (Wildman–Crippen LogP) is 1.91. The van der Waals surface area contributed by atoms with Crippen molar-refractivity contribution in [3.63, 3.8) is 0 Å². The molecule has 1 atom stereocenters. The van der Waals surface area contributed by atoms with Gasteiger partial charge in [0, 0.05) is 6.54 Å². The number of amides is 1. The van der Waals surface area contributed by atoms with Gasteiger partial charge in [0.05, 0.1) is 19.3 Å². The minimum atomic E-state index is -1.40. The Balaban J connectivity index is 3.25. The zero-order valence-corrected chi connectivity index (χ0v) is 13.8. The minimum absolute atomic E-state index is 0.194. The van der Waals surface area contributed by atoms with E-state index < -0.39 is 23.4 Å². The van der Waals surface area contributed by atoms with Gasteiger partial charge in [-0.1, -0.05) is 19.8 Å². The molecule has 6 heteroatoms. The average molecular weight is 313 g/mol. The van der Waals surface area contributed by atoms with Crippen molar-refractivity contribution < 1.29 is 23.9 Å². The molecule has 0 aromatic rings. The highest BCUT2D eigenvalue weighted by atomic mass is 16.6. The molecular weight excluding hydrogens is 286 g/mol. The number of hydrogen-bond acceptors (Lipinski definition) is 5. The number of esters is 2. The third kappa shape index (κ3) is 3.59. The summed E-state index contributed by atoms with van der Waals surface area (Å²) in [5.74, 6) is -1.14. The minimum Gasteiger partial charge on any atom is -0.465 e. The van der Waals surface area contributed by atoms with Crippen molar-refractivity contribution in [1.82, 2.24) is 4.90 Å². The van der Waals surface area contributed by atoms with E-state index in [2.05, 4.69) is 0 Å². The van der Waals surface area contributed by atoms with Crippen LogP contribution in [-0.2, 0) is 23.9 Å². The van der Waals surface area contributed by atoms with Gasteiger partial charge in [0.1, 0.15) is 0 Å². The molecule has 0 aromatic carbocycles. The zero-order chi connectivity index (χ0) is 16.6. The number of carbonyl (C=O) groups excluding carboxylic acids is 3. The first-order valence-corrected chi connectivity index (χ1v) is 8.13. The lowest BCUT2D eigenvalue weighted by Gasteiger charge is -2.37.